The third kappa shape index (κ3) is 3.27. The first-order chi connectivity index (χ1) is 9.61. The minimum atomic E-state index is -0.749. The molecular formula is C16H15F2NO. The molecular weight excluding hydrogens is 260 g/mol. The van der Waals surface area contributed by atoms with Crippen molar-refractivity contribution in [2.45, 2.75) is 6.42 Å². The number of halogens is 2. The predicted octanol–water partition coefficient (Wildman–Crippen LogP) is 2.96. The predicted molar refractivity (Wildman–Crippen MR) is 73.9 cm³/mol. The molecule has 0 bridgehead atoms. The molecule has 0 aliphatic carbocycles. The maximum absolute atomic E-state index is 13.2. The van der Waals surface area contributed by atoms with Crippen molar-refractivity contribution in [2.24, 2.45) is 0 Å². The summed E-state index contributed by atoms with van der Waals surface area (Å²) in [4.78, 5) is 12.4. The molecule has 0 atom stereocenters. The first-order valence-electron chi connectivity index (χ1n) is 6.35. The molecule has 0 saturated carbocycles. The van der Waals surface area contributed by atoms with Crippen molar-refractivity contribution in [1.29, 1.82) is 0 Å². The highest BCUT2D eigenvalue weighted by atomic mass is 19.1. The standard InChI is InChI=1S/C16H15F2NO/c1-19-7-6-11-4-2-3-5-15(11)16(20)12-8-13(17)10-14(18)9-12/h2-5,8-10,19H,6-7H2,1H3. The van der Waals surface area contributed by atoms with Gasteiger partial charge < -0.3 is 5.32 Å². The molecule has 0 aromatic heterocycles. The Bertz CT molecular complexity index is 605. The fourth-order valence-corrected chi connectivity index (χ4v) is 2.06. The summed E-state index contributed by atoms with van der Waals surface area (Å²) in [5.74, 6) is -1.86. The zero-order chi connectivity index (χ0) is 14.5. The molecule has 0 radical (unpaired) electrons. The summed E-state index contributed by atoms with van der Waals surface area (Å²) >= 11 is 0. The molecule has 0 aliphatic heterocycles. The van der Waals surface area contributed by atoms with Crippen LogP contribution >= 0.6 is 0 Å². The largest absolute Gasteiger partial charge is 0.319 e. The highest BCUT2D eigenvalue weighted by molar-refractivity contribution is 6.09. The molecule has 104 valence electrons. The number of nitrogens with one attached hydrogen (secondary N) is 1. The van der Waals surface area contributed by atoms with E-state index in [1.54, 1.807) is 12.1 Å². The first-order valence-corrected chi connectivity index (χ1v) is 6.35. The van der Waals surface area contributed by atoms with Crippen LogP contribution in [0, 0.1) is 11.6 Å². The number of carbonyl (C=O) groups is 1. The Morgan fingerprint density at radius 3 is 2.40 bits per heavy atom. The van der Waals surface area contributed by atoms with Crippen molar-refractivity contribution >= 4 is 5.78 Å². The van der Waals surface area contributed by atoms with Crippen LogP contribution in [-0.4, -0.2) is 19.4 Å². The topological polar surface area (TPSA) is 29.1 Å². The van der Waals surface area contributed by atoms with Crippen LogP contribution in [0.5, 0.6) is 0 Å². The van der Waals surface area contributed by atoms with Crippen LogP contribution < -0.4 is 5.32 Å². The Labute approximate surface area is 116 Å². The van der Waals surface area contributed by atoms with Gasteiger partial charge in [0, 0.05) is 17.2 Å². The second-order valence-corrected chi connectivity index (χ2v) is 4.50. The van der Waals surface area contributed by atoms with Crippen molar-refractivity contribution in [3.63, 3.8) is 0 Å². The van der Waals surface area contributed by atoms with E-state index in [0.29, 0.717) is 12.0 Å². The van der Waals surface area contributed by atoms with E-state index in [4.69, 9.17) is 0 Å². The van der Waals surface area contributed by atoms with Crippen LogP contribution in [-0.2, 0) is 6.42 Å². The Kier molecular flexibility index (Phi) is 4.58. The molecule has 0 spiro atoms. The average Bonchev–Trinajstić information content (AvgIpc) is 2.43. The fraction of sp³-hybridized carbons (Fsp3) is 0.188. The molecule has 0 heterocycles. The highest BCUT2D eigenvalue weighted by Crippen LogP contribution is 2.17. The van der Waals surface area contributed by atoms with Gasteiger partial charge in [-0.25, -0.2) is 8.78 Å². The van der Waals surface area contributed by atoms with Gasteiger partial charge in [0.25, 0.3) is 0 Å². The Hall–Kier alpha value is -2.07. The molecule has 2 nitrogen and oxygen atoms in total. The quantitative estimate of drug-likeness (QED) is 0.850. The summed E-state index contributed by atoms with van der Waals surface area (Å²) in [7, 11) is 1.83. The molecule has 2 rings (SSSR count). The van der Waals surface area contributed by atoms with Gasteiger partial charge in [0.05, 0.1) is 0 Å². The second-order valence-electron chi connectivity index (χ2n) is 4.50. The lowest BCUT2D eigenvalue weighted by Crippen LogP contribution is -2.13. The van der Waals surface area contributed by atoms with Crippen molar-refractivity contribution in [1.82, 2.24) is 5.32 Å². The molecule has 0 fully saturated rings. The molecule has 0 saturated heterocycles. The lowest BCUT2D eigenvalue weighted by atomic mass is 9.96. The normalized spacial score (nSPS) is 10.6. The SMILES string of the molecule is CNCCc1ccccc1C(=O)c1cc(F)cc(F)c1. The number of hydrogen-bond acceptors (Lipinski definition) is 2. The van der Waals surface area contributed by atoms with Gasteiger partial charge in [0.15, 0.2) is 5.78 Å². The van der Waals surface area contributed by atoms with E-state index in [-0.39, 0.29) is 11.3 Å². The van der Waals surface area contributed by atoms with Gasteiger partial charge in [0.1, 0.15) is 11.6 Å². The van der Waals surface area contributed by atoms with E-state index >= 15 is 0 Å². The van der Waals surface area contributed by atoms with Gasteiger partial charge >= 0.3 is 0 Å². The van der Waals surface area contributed by atoms with Crippen molar-refractivity contribution < 1.29 is 13.6 Å². The fourth-order valence-electron chi connectivity index (χ4n) is 2.06. The summed E-state index contributed by atoms with van der Waals surface area (Å²) in [6, 6.07) is 9.97. The van der Waals surface area contributed by atoms with Gasteiger partial charge in [0.2, 0.25) is 0 Å². The number of hydrogen-bond donors (Lipinski definition) is 1. The number of likely N-dealkylation sites (N-methyl/N-ethyl adjacent to an activating group) is 1. The zero-order valence-corrected chi connectivity index (χ0v) is 11.1. The molecule has 4 heteroatoms. The van der Waals surface area contributed by atoms with Crippen molar-refractivity contribution in [3.8, 4) is 0 Å². The first kappa shape index (κ1) is 14.3. The van der Waals surface area contributed by atoms with Crippen LogP contribution in [0.4, 0.5) is 8.78 Å². The average molecular weight is 275 g/mol. The minimum absolute atomic E-state index is 0.0272. The summed E-state index contributed by atoms with van der Waals surface area (Å²) < 4.78 is 26.4. The minimum Gasteiger partial charge on any atom is -0.319 e. The van der Waals surface area contributed by atoms with Gasteiger partial charge in [-0.1, -0.05) is 24.3 Å². The highest BCUT2D eigenvalue weighted by Gasteiger charge is 2.14. The molecule has 2 aromatic rings. The van der Waals surface area contributed by atoms with Crippen LogP contribution in [0.1, 0.15) is 21.5 Å². The Morgan fingerprint density at radius 2 is 1.75 bits per heavy atom. The third-order valence-corrected chi connectivity index (χ3v) is 3.03. The second kappa shape index (κ2) is 6.39. The molecule has 0 unspecified atom stereocenters. The number of ketones is 1. The van der Waals surface area contributed by atoms with E-state index in [9.17, 15) is 13.6 Å². The smallest absolute Gasteiger partial charge is 0.193 e. The van der Waals surface area contributed by atoms with E-state index < -0.39 is 11.6 Å². The molecule has 20 heavy (non-hydrogen) atoms. The van der Waals surface area contributed by atoms with Crippen LogP contribution in [0.3, 0.4) is 0 Å². The molecule has 0 aliphatic rings. The van der Waals surface area contributed by atoms with E-state index in [2.05, 4.69) is 5.32 Å². The number of rotatable bonds is 5. The Balaban J connectivity index is 2.37. The van der Waals surface area contributed by atoms with E-state index in [1.165, 1.54) is 0 Å². The zero-order valence-electron chi connectivity index (χ0n) is 11.1. The van der Waals surface area contributed by atoms with Gasteiger partial charge in [-0.3, -0.25) is 4.79 Å². The number of benzene rings is 2. The molecule has 2 aromatic carbocycles. The molecule has 1 N–H and O–H groups in total. The maximum Gasteiger partial charge on any atom is 0.193 e. The summed E-state index contributed by atoms with van der Waals surface area (Å²) in [5.41, 5.74) is 1.36. The Morgan fingerprint density at radius 1 is 1.10 bits per heavy atom. The van der Waals surface area contributed by atoms with Gasteiger partial charge in [-0.05, 0) is 37.7 Å². The van der Waals surface area contributed by atoms with Crippen LogP contribution in [0.15, 0.2) is 42.5 Å². The van der Waals surface area contributed by atoms with Crippen LogP contribution in [0.25, 0.3) is 0 Å². The summed E-state index contributed by atoms with van der Waals surface area (Å²) in [6.07, 6.45) is 0.677. The van der Waals surface area contributed by atoms with Crippen molar-refractivity contribution in [3.05, 3.63) is 70.8 Å². The lowest BCUT2D eigenvalue weighted by molar-refractivity contribution is 0.103. The maximum atomic E-state index is 13.2. The summed E-state index contributed by atoms with van der Waals surface area (Å²) in [6.45, 7) is 0.724. The van der Waals surface area contributed by atoms with Gasteiger partial charge in [-0.2, -0.15) is 0 Å². The number of carbonyl (C=O) groups excluding carboxylic acids is 1. The van der Waals surface area contributed by atoms with Crippen LogP contribution in [0.2, 0.25) is 0 Å². The molecule has 0 amide bonds. The monoisotopic (exact) mass is 275 g/mol. The van der Waals surface area contributed by atoms with E-state index in [0.717, 1.165) is 30.3 Å². The van der Waals surface area contributed by atoms with Crippen molar-refractivity contribution in [2.75, 3.05) is 13.6 Å². The van der Waals surface area contributed by atoms with Gasteiger partial charge in [-0.15, -0.1) is 0 Å². The van der Waals surface area contributed by atoms with E-state index in [1.807, 2.05) is 19.2 Å². The summed E-state index contributed by atoms with van der Waals surface area (Å²) in [5, 5.41) is 3.01. The third-order valence-electron chi connectivity index (χ3n) is 3.03. The lowest BCUT2D eigenvalue weighted by Gasteiger charge is -2.09.